The van der Waals surface area contributed by atoms with Crippen LogP contribution in [0.25, 0.3) is 44.8 Å². The predicted octanol–water partition coefficient (Wildman–Crippen LogP) is 5.36. The number of hydrogen-bond acceptors (Lipinski definition) is 6. The average molecular weight is 658 g/mol. The predicted molar refractivity (Wildman–Crippen MR) is 173 cm³/mol. The number of benzene rings is 2. The van der Waals surface area contributed by atoms with Gasteiger partial charge in [0.2, 0.25) is 5.91 Å². The van der Waals surface area contributed by atoms with E-state index in [0.29, 0.717) is 58.7 Å². The first-order valence-electron chi connectivity index (χ1n) is 16.1. The first kappa shape index (κ1) is 30.4. The fourth-order valence-corrected chi connectivity index (χ4v) is 7.63. The van der Waals surface area contributed by atoms with Gasteiger partial charge in [0.15, 0.2) is 5.82 Å². The van der Waals surface area contributed by atoms with Crippen molar-refractivity contribution in [3.8, 4) is 28.5 Å². The molecule has 3 aliphatic rings. The van der Waals surface area contributed by atoms with E-state index in [1.54, 1.807) is 31.4 Å². The number of pyridine rings is 1. The number of primary amides is 1. The Labute approximate surface area is 273 Å². The van der Waals surface area contributed by atoms with E-state index in [4.69, 9.17) is 26.2 Å². The van der Waals surface area contributed by atoms with Crippen molar-refractivity contribution < 1.29 is 27.5 Å². The smallest absolute Gasteiger partial charge is 0.417 e. The second kappa shape index (κ2) is 10.8. The summed E-state index contributed by atoms with van der Waals surface area (Å²) in [6.07, 6.45) is -0.712. The van der Waals surface area contributed by atoms with Crippen molar-refractivity contribution in [2.24, 2.45) is 30.4 Å². The Balaban J connectivity index is 1.25. The number of rotatable bonds is 7. The zero-order chi connectivity index (χ0) is 33.6. The summed E-state index contributed by atoms with van der Waals surface area (Å²) >= 11 is 0. The molecule has 3 atom stereocenters. The number of aryl methyl sites for hydroxylation is 1. The highest BCUT2D eigenvalue weighted by Gasteiger charge is 2.47. The van der Waals surface area contributed by atoms with Crippen LogP contribution >= 0.6 is 0 Å². The quantitative estimate of drug-likeness (QED) is 0.242. The van der Waals surface area contributed by atoms with Crippen molar-refractivity contribution in [1.82, 2.24) is 24.0 Å². The number of imidazole rings is 1. The minimum Gasteiger partial charge on any atom is -0.494 e. The SMILES string of the molecule is COc1cc(C(=O)N2CC3CCC2C3N)cc2nc(-c3cc4ccc(-c5ccc(C(N)=O)cc5C(F)(F)F)nc4n3CC3CC3)n(C)c12. The summed E-state index contributed by atoms with van der Waals surface area (Å²) in [6.45, 7) is 1.26. The van der Waals surface area contributed by atoms with Crippen LogP contribution in [0.5, 0.6) is 5.75 Å². The fourth-order valence-electron chi connectivity index (χ4n) is 7.63. The Bertz CT molecular complexity index is 2150. The molecule has 13 heteroatoms. The van der Waals surface area contributed by atoms with E-state index in [-0.39, 0.29) is 34.8 Å². The number of hydrogen-bond donors (Lipinski definition) is 2. The van der Waals surface area contributed by atoms with E-state index < -0.39 is 17.6 Å². The van der Waals surface area contributed by atoms with Gasteiger partial charge in [-0.05, 0) is 80.0 Å². The molecular weight excluding hydrogens is 623 g/mol. The van der Waals surface area contributed by atoms with Crippen LogP contribution in [0.1, 0.15) is 52.0 Å². The number of ether oxygens (including phenoxy) is 1. The van der Waals surface area contributed by atoms with Gasteiger partial charge in [-0.2, -0.15) is 13.2 Å². The molecule has 3 fully saturated rings. The van der Waals surface area contributed by atoms with Crippen LogP contribution in [-0.2, 0) is 19.8 Å². The van der Waals surface area contributed by atoms with Crippen molar-refractivity contribution in [3.63, 3.8) is 0 Å². The van der Waals surface area contributed by atoms with E-state index in [2.05, 4.69) is 0 Å². The molecule has 0 radical (unpaired) electrons. The van der Waals surface area contributed by atoms with Gasteiger partial charge in [0.1, 0.15) is 16.9 Å². The molecule has 48 heavy (non-hydrogen) atoms. The average Bonchev–Trinajstić information content (AvgIpc) is 3.47. The molecule has 2 aromatic carbocycles. The number of nitrogens with two attached hydrogens (primary N) is 2. The molecule has 4 N–H and O–H groups in total. The number of fused-ring (bicyclic) bond motifs is 4. The molecule has 2 saturated carbocycles. The van der Waals surface area contributed by atoms with Crippen molar-refractivity contribution >= 4 is 33.9 Å². The van der Waals surface area contributed by atoms with Gasteiger partial charge in [-0.25, -0.2) is 9.97 Å². The molecule has 4 heterocycles. The number of halogens is 3. The van der Waals surface area contributed by atoms with Gasteiger partial charge >= 0.3 is 6.18 Å². The number of aromatic nitrogens is 4. The van der Waals surface area contributed by atoms with Gasteiger partial charge in [-0.3, -0.25) is 9.59 Å². The summed E-state index contributed by atoms with van der Waals surface area (Å²) in [6, 6.07) is 12.1. The van der Waals surface area contributed by atoms with Crippen molar-refractivity contribution in [1.29, 1.82) is 0 Å². The highest BCUT2D eigenvalue weighted by Crippen LogP contribution is 2.42. The largest absolute Gasteiger partial charge is 0.494 e. The van der Waals surface area contributed by atoms with Crippen LogP contribution in [0.15, 0.2) is 48.5 Å². The first-order valence-corrected chi connectivity index (χ1v) is 16.1. The Morgan fingerprint density at radius 2 is 1.79 bits per heavy atom. The first-order chi connectivity index (χ1) is 22.9. The molecule has 8 rings (SSSR count). The zero-order valence-electron chi connectivity index (χ0n) is 26.4. The topological polar surface area (TPSA) is 134 Å². The molecule has 3 aromatic heterocycles. The molecule has 5 aromatic rings. The summed E-state index contributed by atoms with van der Waals surface area (Å²) in [5.74, 6) is 0.810. The second-order valence-corrected chi connectivity index (χ2v) is 13.3. The molecule has 0 spiro atoms. The third-order valence-corrected chi connectivity index (χ3v) is 10.3. The maximum absolute atomic E-state index is 14.2. The second-order valence-electron chi connectivity index (χ2n) is 13.3. The summed E-state index contributed by atoms with van der Waals surface area (Å²) < 4.78 is 52.2. The molecule has 10 nitrogen and oxygen atoms in total. The van der Waals surface area contributed by atoms with E-state index in [9.17, 15) is 22.8 Å². The van der Waals surface area contributed by atoms with Crippen LogP contribution < -0.4 is 16.2 Å². The highest BCUT2D eigenvalue weighted by molar-refractivity contribution is 6.00. The number of methoxy groups -OCH3 is 1. The lowest BCUT2D eigenvalue weighted by atomic mass is 10.00. The van der Waals surface area contributed by atoms with Crippen molar-refractivity contribution in [2.45, 2.75) is 50.5 Å². The van der Waals surface area contributed by atoms with Crippen LogP contribution in [0.4, 0.5) is 13.2 Å². The van der Waals surface area contributed by atoms with Crippen LogP contribution in [0.2, 0.25) is 0 Å². The molecule has 1 saturated heterocycles. The number of piperidine rings is 1. The molecular formula is C35H34F3N7O3. The summed E-state index contributed by atoms with van der Waals surface area (Å²) in [5.41, 5.74) is 13.5. The maximum Gasteiger partial charge on any atom is 0.417 e. The molecule has 2 aliphatic carbocycles. The molecule has 1 aliphatic heterocycles. The summed E-state index contributed by atoms with van der Waals surface area (Å²) in [7, 11) is 3.44. The lowest BCUT2D eigenvalue weighted by Gasteiger charge is -2.27. The third kappa shape index (κ3) is 4.82. The minimum atomic E-state index is -4.73. The summed E-state index contributed by atoms with van der Waals surface area (Å²) in [4.78, 5) is 37.0. The van der Waals surface area contributed by atoms with Crippen molar-refractivity contribution in [2.75, 3.05) is 13.7 Å². The lowest BCUT2D eigenvalue weighted by molar-refractivity contribution is -0.137. The Hall–Kier alpha value is -4.91. The van der Waals surface area contributed by atoms with Gasteiger partial charge in [0.25, 0.3) is 5.91 Å². The van der Waals surface area contributed by atoms with Crippen LogP contribution in [0, 0.1) is 11.8 Å². The Morgan fingerprint density at radius 1 is 1.00 bits per heavy atom. The van der Waals surface area contributed by atoms with Crippen LogP contribution in [0.3, 0.4) is 0 Å². The zero-order valence-corrected chi connectivity index (χ0v) is 26.4. The third-order valence-electron chi connectivity index (χ3n) is 10.3. The minimum absolute atomic E-state index is 0.00176. The number of alkyl halides is 3. The van der Waals surface area contributed by atoms with Gasteiger partial charge < -0.3 is 30.2 Å². The molecule has 248 valence electrons. The van der Waals surface area contributed by atoms with E-state index in [1.807, 2.05) is 27.1 Å². The van der Waals surface area contributed by atoms with Gasteiger partial charge in [0, 0.05) is 54.3 Å². The Morgan fingerprint density at radius 3 is 2.44 bits per heavy atom. The molecule has 2 amide bonds. The number of nitrogens with zero attached hydrogens (tertiary/aromatic N) is 5. The van der Waals surface area contributed by atoms with Crippen molar-refractivity contribution in [3.05, 3.63) is 65.2 Å². The number of likely N-dealkylation sites (tertiary alicyclic amines) is 1. The van der Waals surface area contributed by atoms with Gasteiger partial charge in [0.05, 0.1) is 29.6 Å². The maximum atomic E-state index is 14.2. The van der Waals surface area contributed by atoms with Crippen LogP contribution in [-0.4, -0.2) is 61.6 Å². The number of carbonyl (C=O) groups excluding carboxylic acids is 2. The fraction of sp³-hybridized carbons (Fsp3) is 0.371. The van der Waals surface area contributed by atoms with Gasteiger partial charge in [-0.15, -0.1) is 0 Å². The van der Waals surface area contributed by atoms with E-state index in [1.165, 1.54) is 12.1 Å². The molecule has 3 unspecified atom stereocenters. The Kier molecular flexibility index (Phi) is 6.85. The van der Waals surface area contributed by atoms with E-state index in [0.717, 1.165) is 42.8 Å². The van der Waals surface area contributed by atoms with Gasteiger partial charge in [-0.1, -0.05) is 6.07 Å². The normalized spacial score (nSPS) is 20.7. The number of carbonyl (C=O) groups is 2. The standard InChI is InChI=1S/C35H34F3N7O3/c1-43-30-25(12-21(14-28(30)48-2)34(47)45-16-20-7-10-26(45)29(20)39)42-33(43)27-13-19-6-9-24(41-32(19)44(27)15-17-3-4-17)22-8-5-18(31(40)46)11-23(22)35(36,37)38/h5-6,8-9,11-14,17,20,26,29H,3-4,7,10,15-16,39H2,1-2H3,(H2,40,46). The summed E-state index contributed by atoms with van der Waals surface area (Å²) in [5, 5.41) is 0.743. The highest BCUT2D eigenvalue weighted by atomic mass is 19.4. The monoisotopic (exact) mass is 657 g/mol. The molecule has 2 bridgehead atoms. The van der Waals surface area contributed by atoms with E-state index >= 15 is 0 Å². The lowest BCUT2D eigenvalue weighted by Crippen LogP contribution is -2.41. The number of amides is 2.